The summed E-state index contributed by atoms with van der Waals surface area (Å²) >= 11 is 0. The third kappa shape index (κ3) is 5.17. The van der Waals surface area contributed by atoms with Crippen LogP contribution in [0.15, 0.2) is 24.3 Å². The van der Waals surface area contributed by atoms with Crippen molar-refractivity contribution in [3.05, 3.63) is 35.4 Å². The lowest BCUT2D eigenvalue weighted by molar-refractivity contribution is -0.128. The molecule has 0 bridgehead atoms. The average Bonchev–Trinajstić information content (AvgIpc) is 2.52. The van der Waals surface area contributed by atoms with Crippen LogP contribution >= 0.6 is 0 Å². The molecule has 6 heteroatoms. The van der Waals surface area contributed by atoms with Crippen LogP contribution in [0.25, 0.3) is 0 Å². The highest BCUT2D eigenvalue weighted by atomic mass is 16.5. The minimum atomic E-state index is -0.975. The van der Waals surface area contributed by atoms with Crippen molar-refractivity contribution < 1.29 is 19.4 Å². The van der Waals surface area contributed by atoms with Crippen molar-refractivity contribution in [2.45, 2.75) is 25.5 Å². The van der Waals surface area contributed by atoms with Gasteiger partial charge in [0.25, 0.3) is 0 Å². The van der Waals surface area contributed by atoms with Crippen LogP contribution in [0.4, 0.5) is 0 Å². The summed E-state index contributed by atoms with van der Waals surface area (Å²) in [4.78, 5) is 22.6. The van der Waals surface area contributed by atoms with Crippen LogP contribution in [0.1, 0.15) is 28.8 Å². The Morgan fingerprint density at radius 1 is 1.33 bits per heavy atom. The fraction of sp³-hybridized carbons (Fsp3) is 0.467. The molecule has 0 unspecified atom stereocenters. The highest BCUT2D eigenvalue weighted by Gasteiger charge is 2.14. The van der Waals surface area contributed by atoms with E-state index in [-0.39, 0.29) is 24.2 Å². The van der Waals surface area contributed by atoms with Crippen molar-refractivity contribution in [1.29, 1.82) is 0 Å². The number of ether oxygens (including phenoxy) is 1. The molecule has 1 fully saturated rings. The molecular weight excluding hydrogens is 272 g/mol. The summed E-state index contributed by atoms with van der Waals surface area (Å²) in [7, 11) is 0. The number of rotatable bonds is 6. The Morgan fingerprint density at radius 3 is 2.81 bits per heavy atom. The van der Waals surface area contributed by atoms with Gasteiger partial charge >= 0.3 is 5.97 Å². The minimum absolute atomic E-state index is 0.0449. The van der Waals surface area contributed by atoms with E-state index in [1.807, 2.05) is 0 Å². The van der Waals surface area contributed by atoms with Crippen LogP contribution in [-0.2, 0) is 16.1 Å². The van der Waals surface area contributed by atoms with Crippen LogP contribution in [0, 0.1) is 0 Å². The van der Waals surface area contributed by atoms with Gasteiger partial charge in [-0.1, -0.05) is 12.1 Å². The molecule has 1 amide bonds. The fourth-order valence-electron chi connectivity index (χ4n) is 2.22. The third-order valence-corrected chi connectivity index (χ3v) is 3.40. The Balaban J connectivity index is 1.73. The standard InChI is InChI=1S/C15H20N2O4/c18-14(10-21-13-4-6-16-7-5-13)17-9-11-2-1-3-12(8-11)15(19)20/h1-3,8,13,16H,4-7,9-10H2,(H,17,18)(H,19,20). The number of hydrogen-bond acceptors (Lipinski definition) is 4. The maximum Gasteiger partial charge on any atom is 0.335 e. The lowest BCUT2D eigenvalue weighted by Gasteiger charge is -2.22. The van der Waals surface area contributed by atoms with Gasteiger partial charge in [0.05, 0.1) is 11.7 Å². The number of benzene rings is 1. The summed E-state index contributed by atoms with van der Waals surface area (Å²) in [5, 5.41) is 14.9. The predicted molar refractivity (Wildman–Crippen MR) is 77.1 cm³/mol. The van der Waals surface area contributed by atoms with Crippen molar-refractivity contribution >= 4 is 11.9 Å². The Kier molecular flexibility index (Phi) is 5.71. The number of aromatic carboxylic acids is 1. The molecule has 1 aliphatic rings. The van der Waals surface area contributed by atoms with Gasteiger partial charge in [-0.2, -0.15) is 0 Å². The molecule has 0 atom stereocenters. The molecule has 1 aliphatic heterocycles. The normalized spacial score (nSPS) is 15.6. The second-order valence-corrected chi connectivity index (χ2v) is 5.04. The summed E-state index contributed by atoms with van der Waals surface area (Å²) in [5.41, 5.74) is 0.970. The number of carboxylic acid groups (broad SMARTS) is 1. The number of carbonyl (C=O) groups is 2. The second-order valence-electron chi connectivity index (χ2n) is 5.04. The van der Waals surface area contributed by atoms with Crippen molar-refractivity contribution in [2.24, 2.45) is 0 Å². The molecule has 21 heavy (non-hydrogen) atoms. The molecule has 1 saturated heterocycles. The summed E-state index contributed by atoms with van der Waals surface area (Å²) in [6.07, 6.45) is 1.99. The zero-order chi connectivity index (χ0) is 15.1. The van der Waals surface area contributed by atoms with E-state index >= 15 is 0 Å². The number of hydrogen-bond donors (Lipinski definition) is 3. The van der Waals surface area contributed by atoms with E-state index in [1.165, 1.54) is 6.07 Å². The minimum Gasteiger partial charge on any atom is -0.478 e. The molecule has 2 rings (SSSR count). The van der Waals surface area contributed by atoms with Crippen LogP contribution in [0.5, 0.6) is 0 Å². The van der Waals surface area contributed by atoms with Crippen LogP contribution in [0.2, 0.25) is 0 Å². The maximum atomic E-state index is 11.7. The summed E-state index contributed by atoms with van der Waals surface area (Å²) < 4.78 is 5.55. The number of piperidine rings is 1. The Bertz CT molecular complexity index is 498. The monoisotopic (exact) mass is 292 g/mol. The molecule has 0 aliphatic carbocycles. The largest absolute Gasteiger partial charge is 0.478 e. The molecule has 0 spiro atoms. The molecule has 1 aromatic carbocycles. The van der Waals surface area contributed by atoms with E-state index in [9.17, 15) is 9.59 Å². The lowest BCUT2D eigenvalue weighted by atomic mass is 10.1. The van der Waals surface area contributed by atoms with Crippen molar-refractivity contribution in [1.82, 2.24) is 10.6 Å². The molecule has 0 saturated carbocycles. The number of carboxylic acids is 1. The van der Waals surface area contributed by atoms with Crippen molar-refractivity contribution in [3.8, 4) is 0 Å². The fourth-order valence-corrected chi connectivity index (χ4v) is 2.22. The van der Waals surface area contributed by atoms with Gasteiger partial charge in [0.1, 0.15) is 6.61 Å². The van der Waals surface area contributed by atoms with Gasteiger partial charge in [0.15, 0.2) is 0 Å². The van der Waals surface area contributed by atoms with E-state index in [4.69, 9.17) is 9.84 Å². The lowest BCUT2D eigenvalue weighted by Crippen LogP contribution is -2.35. The van der Waals surface area contributed by atoms with Gasteiger partial charge in [0, 0.05) is 6.54 Å². The van der Waals surface area contributed by atoms with Gasteiger partial charge in [0.2, 0.25) is 5.91 Å². The maximum absolute atomic E-state index is 11.7. The smallest absolute Gasteiger partial charge is 0.335 e. The summed E-state index contributed by atoms with van der Waals surface area (Å²) in [5.74, 6) is -1.16. The Hall–Kier alpha value is -1.92. The van der Waals surface area contributed by atoms with Crippen LogP contribution < -0.4 is 10.6 Å². The highest BCUT2D eigenvalue weighted by molar-refractivity contribution is 5.87. The summed E-state index contributed by atoms with van der Waals surface area (Å²) in [6.45, 7) is 2.20. The van der Waals surface area contributed by atoms with E-state index < -0.39 is 5.97 Å². The first-order valence-electron chi connectivity index (χ1n) is 7.06. The topological polar surface area (TPSA) is 87.7 Å². The molecule has 1 aromatic rings. The van der Waals surface area contributed by atoms with Gasteiger partial charge in [-0.05, 0) is 43.6 Å². The first kappa shape index (κ1) is 15.5. The molecule has 6 nitrogen and oxygen atoms in total. The van der Waals surface area contributed by atoms with Crippen molar-refractivity contribution in [3.63, 3.8) is 0 Å². The number of carbonyl (C=O) groups excluding carboxylic acids is 1. The molecule has 0 aromatic heterocycles. The SMILES string of the molecule is O=C(COC1CCNCC1)NCc1cccc(C(=O)O)c1. The average molecular weight is 292 g/mol. The Morgan fingerprint density at radius 2 is 2.10 bits per heavy atom. The van der Waals surface area contributed by atoms with Gasteiger partial charge in [-0.3, -0.25) is 4.79 Å². The van der Waals surface area contributed by atoms with E-state index in [1.54, 1.807) is 18.2 Å². The van der Waals surface area contributed by atoms with Crippen LogP contribution in [0.3, 0.4) is 0 Å². The molecule has 114 valence electrons. The van der Waals surface area contributed by atoms with Gasteiger partial charge < -0.3 is 20.5 Å². The van der Waals surface area contributed by atoms with E-state index in [0.29, 0.717) is 6.54 Å². The summed E-state index contributed by atoms with van der Waals surface area (Å²) in [6, 6.07) is 6.51. The van der Waals surface area contributed by atoms with Gasteiger partial charge in [-0.25, -0.2) is 4.79 Å². The first-order valence-corrected chi connectivity index (χ1v) is 7.06. The first-order chi connectivity index (χ1) is 10.1. The molecular formula is C15H20N2O4. The number of amides is 1. The van der Waals surface area contributed by atoms with E-state index in [0.717, 1.165) is 31.5 Å². The molecule has 1 heterocycles. The second kappa shape index (κ2) is 7.75. The Labute approximate surface area is 123 Å². The third-order valence-electron chi connectivity index (χ3n) is 3.40. The zero-order valence-corrected chi connectivity index (χ0v) is 11.8. The predicted octanol–water partition coefficient (Wildman–Crippen LogP) is 0.770. The zero-order valence-electron chi connectivity index (χ0n) is 11.8. The quantitative estimate of drug-likeness (QED) is 0.721. The van der Waals surface area contributed by atoms with Crippen LogP contribution in [-0.4, -0.2) is 42.8 Å². The molecule has 3 N–H and O–H groups in total. The highest BCUT2D eigenvalue weighted by Crippen LogP contribution is 2.07. The van der Waals surface area contributed by atoms with E-state index in [2.05, 4.69) is 10.6 Å². The molecule has 0 radical (unpaired) electrons. The van der Waals surface area contributed by atoms with Crippen molar-refractivity contribution in [2.75, 3.05) is 19.7 Å². The van der Waals surface area contributed by atoms with Gasteiger partial charge in [-0.15, -0.1) is 0 Å². The number of nitrogens with one attached hydrogen (secondary N) is 2.